The van der Waals surface area contributed by atoms with Crippen molar-refractivity contribution in [2.75, 3.05) is 7.05 Å². The van der Waals surface area contributed by atoms with Crippen molar-refractivity contribution < 1.29 is 18.3 Å². The molecule has 0 unspecified atom stereocenters. The summed E-state index contributed by atoms with van der Waals surface area (Å²) in [6.07, 6.45) is 6.12. The number of carbonyl (C=O) groups is 1. The zero-order chi connectivity index (χ0) is 18.3. The van der Waals surface area contributed by atoms with Crippen molar-refractivity contribution in [2.24, 2.45) is 23.2 Å². The molecule has 26 heavy (non-hydrogen) atoms. The third kappa shape index (κ3) is 2.02. The summed E-state index contributed by atoms with van der Waals surface area (Å²) in [6.45, 7) is 0. The van der Waals surface area contributed by atoms with E-state index in [1.165, 1.54) is 32.4 Å². The van der Waals surface area contributed by atoms with Crippen molar-refractivity contribution in [3.63, 3.8) is 0 Å². The predicted molar refractivity (Wildman–Crippen MR) is 96.6 cm³/mol. The molecule has 4 bridgehead atoms. The topological polar surface area (TPSA) is 74.7 Å². The number of aliphatic hydroxyl groups is 1. The van der Waals surface area contributed by atoms with Crippen LogP contribution in [-0.4, -0.2) is 30.7 Å². The highest BCUT2D eigenvalue weighted by Gasteiger charge is 2.56. The van der Waals surface area contributed by atoms with E-state index in [0.29, 0.717) is 17.8 Å². The summed E-state index contributed by atoms with van der Waals surface area (Å²) in [7, 11) is -2.44. The Morgan fingerprint density at radius 3 is 2.19 bits per heavy atom. The van der Waals surface area contributed by atoms with Crippen molar-refractivity contribution in [1.29, 1.82) is 0 Å². The molecule has 4 fully saturated rings. The normalized spacial score (nSPS) is 37.0. The molecule has 5 aliphatic rings. The molecule has 4 saturated carbocycles. The maximum Gasteiger partial charge on any atom is 0.265 e. The zero-order valence-electron chi connectivity index (χ0n) is 14.8. The Hall–Kier alpha value is -1.82. The second-order valence-electron chi connectivity index (χ2n) is 8.69. The lowest BCUT2D eigenvalue weighted by Crippen LogP contribution is -2.52. The molecule has 0 spiro atoms. The largest absolute Gasteiger partial charge is 0.505 e. The highest BCUT2D eigenvalue weighted by molar-refractivity contribution is 7.89. The molecule has 1 aromatic carbocycles. The minimum Gasteiger partial charge on any atom is -0.505 e. The highest BCUT2D eigenvalue weighted by Crippen LogP contribution is 2.61. The maximum absolute atomic E-state index is 13.6. The summed E-state index contributed by atoms with van der Waals surface area (Å²) in [6, 6.07) is 6.36. The Kier molecular flexibility index (Phi) is 3.22. The molecule has 6 rings (SSSR count). The van der Waals surface area contributed by atoms with E-state index in [4.69, 9.17) is 0 Å². The monoisotopic (exact) mass is 373 g/mol. The fourth-order valence-corrected chi connectivity index (χ4v) is 7.72. The number of nitrogens with zero attached hydrogens (tertiary/aromatic N) is 1. The van der Waals surface area contributed by atoms with Gasteiger partial charge in [-0.1, -0.05) is 12.1 Å². The van der Waals surface area contributed by atoms with Crippen LogP contribution < -0.4 is 0 Å². The van der Waals surface area contributed by atoms with Crippen LogP contribution in [0.2, 0.25) is 0 Å². The highest BCUT2D eigenvalue weighted by atomic mass is 32.2. The number of likely N-dealkylation sites (N-methyl/N-ethyl adjacent to an activating group) is 1. The first-order valence-electron chi connectivity index (χ1n) is 9.38. The van der Waals surface area contributed by atoms with Gasteiger partial charge in [0.2, 0.25) is 0 Å². The lowest BCUT2D eigenvalue weighted by molar-refractivity contribution is -0.140. The molecule has 1 N–H and O–H groups in total. The Labute approximate surface area is 153 Å². The van der Waals surface area contributed by atoms with Crippen molar-refractivity contribution in [3.05, 3.63) is 35.5 Å². The number of sulfonamides is 1. The van der Waals surface area contributed by atoms with Crippen molar-refractivity contribution >= 4 is 21.6 Å². The number of fused-ring (bicyclic) bond motifs is 1. The van der Waals surface area contributed by atoms with Crippen LogP contribution in [0.25, 0.3) is 5.76 Å². The number of hydrogen-bond acceptors (Lipinski definition) is 4. The average Bonchev–Trinajstić information content (AvgIpc) is 2.59. The van der Waals surface area contributed by atoms with Crippen LogP contribution in [0.5, 0.6) is 0 Å². The first kappa shape index (κ1) is 16.4. The van der Waals surface area contributed by atoms with E-state index < -0.39 is 15.4 Å². The second-order valence-corrected chi connectivity index (χ2v) is 10.6. The maximum atomic E-state index is 13.6. The SMILES string of the molecule is CN1C(C(=O)C23CC4CC(CC(C4)C2)C3)=C(O)c2ccccc2S1(=O)=O. The molecule has 0 amide bonds. The molecule has 1 aliphatic heterocycles. The van der Waals surface area contributed by atoms with Crippen LogP contribution >= 0.6 is 0 Å². The number of aliphatic hydroxyl groups excluding tert-OH is 1. The van der Waals surface area contributed by atoms with Crippen LogP contribution in [0.1, 0.15) is 44.1 Å². The molecule has 1 aromatic rings. The van der Waals surface area contributed by atoms with E-state index in [0.717, 1.165) is 23.6 Å². The third-order valence-corrected chi connectivity index (χ3v) is 8.87. The van der Waals surface area contributed by atoms with Gasteiger partial charge in [-0.2, -0.15) is 0 Å². The molecule has 4 aliphatic carbocycles. The van der Waals surface area contributed by atoms with E-state index in [-0.39, 0.29) is 27.7 Å². The Bertz CT molecular complexity index is 911. The fraction of sp³-hybridized carbons (Fsp3) is 0.550. The molecule has 0 saturated heterocycles. The number of Topliss-reactive ketones (excluding diaryl/α,β-unsaturated/α-hetero) is 1. The first-order valence-corrected chi connectivity index (χ1v) is 10.8. The molecule has 5 nitrogen and oxygen atoms in total. The summed E-state index contributed by atoms with van der Waals surface area (Å²) in [5, 5.41) is 10.8. The minimum atomic E-state index is -3.82. The molecular formula is C20H23NO4S. The molecule has 0 atom stereocenters. The van der Waals surface area contributed by atoms with Crippen LogP contribution in [0, 0.1) is 23.2 Å². The number of allylic oxidation sites excluding steroid dienone is 1. The summed E-state index contributed by atoms with van der Waals surface area (Å²) >= 11 is 0. The van der Waals surface area contributed by atoms with Crippen molar-refractivity contribution in [1.82, 2.24) is 4.31 Å². The lowest BCUT2D eigenvalue weighted by atomic mass is 9.48. The summed E-state index contributed by atoms with van der Waals surface area (Å²) in [5.74, 6) is 1.36. The van der Waals surface area contributed by atoms with Crippen molar-refractivity contribution in [2.45, 2.75) is 43.4 Å². The van der Waals surface area contributed by atoms with Crippen LogP contribution in [0.3, 0.4) is 0 Å². The molecule has 0 aromatic heterocycles. The van der Waals surface area contributed by atoms with Gasteiger partial charge < -0.3 is 5.11 Å². The van der Waals surface area contributed by atoms with Gasteiger partial charge >= 0.3 is 0 Å². The van der Waals surface area contributed by atoms with E-state index >= 15 is 0 Å². The summed E-state index contributed by atoms with van der Waals surface area (Å²) in [5.41, 5.74) is -0.293. The quantitative estimate of drug-likeness (QED) is 0.863. The second kappa shape index (κ2) is 5.12. The Morgan fingerprint density at radius 2 is 1.62 bits per heavy atom. The van der Waals surface area contributed by atoms with Gasteiger partial charge in [-0.25, -0.2) is 8.42 Å². The van der Waals surface area contributed by atoms with E-state index in [1.54, 1.807) is 18.2 Å². The van der Waals surface area contributed by atoms with Gasteiger partial charge in [0.1, 0.15) is 5.70 Å². The molecule has 6 heteroatoms. The number of rotatable bonds is 2. The lowest BCUT2D eigenvalue weighted by Gasteiger charge is -2.56. The average molecular weight is 373 g/mol. The van der Waals surface area contributed by atoms with E-state index in [9.17, 15) is 18.3 Å². The Balaban J connectivity index is 1.65. The fourth-order valence-electron chi connectivity index (χ4n) is 6.32. The van der Waals surface area contributed by atoms with Gasteiger partial charge in [0.05, 0.1) is 4.90 Å². The van der Waals surface area contributed by atoms with Gasteiger partial charge in [-0.05, 0) is 68.4 Å². The first-order chi connectivity index (χ1) is 12.3. The van der Waals surface area contributed by atoms with Crippen LogP contribution in [-0.2, 0) is 14.8 Å². The number of ketones is 1. The van der Waals surface area contributed by atoms with Gasteiger partial charge in [0, 0.05) is 18.0 Å². The van der Waals surface area contributed by atoms with E-state index in [1.807, 2.05) is 0 Å². The van der Waals surface area contributed by atoms with Crippen LogP contribution in [0.4, 0.5) is 0 Å². The minimum absolute atomic E-state index is 0.0364. The molecule has 1 heterocycles. The zero-order valence-corrected chi connectivity index (χ0v) is 15.6. The van der Waals surface area contributed by atoms with Gasteiger partial charge in [-0.15, -0.1) is 0 Å². The Morgan fingerprint density at radius 1 is 1.08 bits per heavy atom. The molecule has 138 valence electrons. The summed E-state index contributed by atoms with van der Waals surface area (Å²) < 4.78 is 26.8. The summed E-state index contributed by atoms with van der Waals surface area (Å²) in [4.78, 5) is 13.7. The molecule has 0 radical (unpaired) electrons. The van der Waals surface area contributed by atoms with Crippen molar-refractivity contribution in [3.8, 4) is 0 Å². The molecular weight excluding hydrogens is 350 g/mol. The predicted octanol–water partition coefficient (Wildman–Crippen LogP) is 3.33. The van der Waals surface area contributed by atoms with Crippen LogP contribution in [0.15, 0.2) is 34.9 Å². The van der Waals surface area contributed by atoms with Gasteiger partial charge in [-0.3, -0.25) is 9.10 Å². The third-order valence-electron chi connectivity index (χ3n) is 7.05. The standard InChI is InChI=1S/C20H23NO4S/c1-21-17(18(22)15-4-2-3-5-16(15)26(21,24)25)19(23)20-9-12-6-13(10-20)8-14(7-12)11-20/h2-5,12-14,22H,6-11H2,1H3. The van der Waals surface area contributed by atoms with E-state index in [2.05, 4.69) is 0 Å². The smallest absolute Gasteiger partial charge is 0.265 e. The number of benzene rings is 1. The van der Waals surface area contributed by atoms with Gasteiger partial charge in [0.15, 0.2) is 11.5 Å². The number of carbonyl (C=O) groups excluding carboxylic acids is 1. The van der Waals surface area contributed by atoms with Gasteiger partial charge in [0.25, 0.3) is 10.0 Å². The number of hydrogen-bond donors (Lipinski definition) is 1.